The molecule has 1 aliphatic carbocycles. The van der Waals surface area contributed by atoms with Crippen LogP contribution in [0.25, 0.3) is 0 Å². The Morgan fingerprint density at radius 3 is 2.38 bits per heavy atom. The predicted molar refractivity (Wildman–Crippen MR) is 75.5 cm³/mol. The summed E-state index contributed by atoms with van der Waals surface area (Å²) in [5.74, 6) is -2.06. The molecule has 1 amide bonds. The highest BCUT2D eigenvalue weighted by atomic mass is 35.5. The first-order valence-electron chi connectivity index (χ1n) is 6.63. The fourth-order valence-electron chi connectivity index (χ4n) is 2.82. The number of aliphatic carboxylic acids is 1. The molecule has 118 valence electrons. The van der Waals surface area contributed by atoms with Crippen molar-refractivity contribution in [3.63, 3.8) is 0 Å². The number of nitrogens with zero attached hydrogens (tertiary/aromatic N) is 1. The monoisotopic (exact) mass is 337 g/mol. The molecule has 1 saturated carbocycles. The van der Waals surface area contributed by atoms with E-state index in [0.717, 1.165) is 4.90 Å². The summed E-state index contributed by atoms with van der Waals surface area (Å²) in [6.45, 7) is 5.01. The molecule has 0 bridgehead atoms. The average molecular weight is 338 g/mol. The van der Waals surface area contributed by atoms with E-state index in [1.54, 1.807) is 20.8 Å². The third kappa shape index (κ3) is 2.71. The molecule has 8 heteroatoms. The van der Waals surface area contributed by atoms with Crippen LogP contribution in [0.3, 0.4) is 0 Å². The van der Waals surface area contributed by atoms with Crippen molar-refractivity contribution in [2.75, 3.05) is 0 Å². The van der Waals surface area contributed by atoms with Gasteiger partial charge in [0.15, 0.2) is 10.1 Å². The Hall–Kier alpha value is -1.01. The number of hydrogen-bond acceptors (Lipinski definition) is 4. The molecule has 21 heavy (non-hydrogen) atoms. The van der Waals surface area contributed by atoms with E-state index < -0.39 is 40.0 Å². The van der Waals surface area contributed by atoms with Crippen LogP contribution < -0.4 is 0 Å². The number of carboxylic acids is 1. The van der Waals surface area contributed by atoms with Crippen molar-refractivity contribution >= 4 is 41.0 Å². The van der Waals surface area contributed by atoms with Crippen LogP contribution in [0.1, 0.15) is 33.6 Å². The second kappa shape index (κ2) is 5.02. The fourth-order valence-corrected chi connectivity index (χ4v) is 3.61. The van der Waals surface area contributed by atoms with Gasteiger partial charge in [-0.2, -0.15) is 0 Å². The maximum atomic E-state index is 12.3. The second-order valence-electron chi connectivity index (χ2n) is 6.36. The third-order valence-electron chi connectivity index (χ3n) is 3.69. The Kier molecular flexibility index (Phi) is 3.91. The van der Waals surface area contributed by atoms with Gasteiger partial charge in [0.25, 0.3) is 0 Å². The number of alkyl halides is 2. The van der Waals surface area contributed by atoms with E-state index in [1.165, 1.54) is 0 Å². The average Bonchev–Trinajstić information content (AvgIpc) is 2.34. The summed E-state index contributed by atoms with van der Waals surface area (Å²) < 4.78 is 3.47. The highest BCUT2D eigenvalue weighted by Gasteiger charge is 2.67. The SMILES string of the molecule is CC(C)(C)OC(=O)N1C(C(=O)O)CCC2C(=O)C(Cl)(Cl)C21. The Labute approximate surface area is 132 Å². The molecule has 6 nitrogen and oxygen atoms in total. The summed E-state index contributed by atoms with van der Waals surface area (Å²) in [5.41, 5.74) is -0.790. The number of carbonyl (C=O) groups is 3. The van der Waals surface area contributed by atoms with Crippen molar-refractivity contribution < 1.29 is 24.2 Å². The van der Waals surface area contributed by atoms with Gasteiger partial charge in [-0.15, -0.1) is 0 Å². The molecule has 3 atom stereocenters. The van der Waals surface area contributed by atoms with Crippen LogP contribution in [0, 0.1) is 5.92 Å². The van der Waals surface area contributed by atoms with Crippen LogP contribution in [0.2, 0.25) is 0 Å². The lowest BCUT2D eigenvalue weighted by molar-refractivity contribution is -0.156. The number of piperidine rings is 1. The van der Waals surface area contributed by atoms with Crippen molar-refractivity contribution in [1.29, 1.82) is 0 Å². The van der Waals surface area contributed by atoms with Crippen molar-refractivity contribution in [2.24, 2.45) is 5.92 Å². The van der Waals surface area contributed by atoms with Gasteiger partial charge in [-0.1, -0.05) is 23.2 Å². The molecule has 1 heterocycles. The van der Waals surface area contributed by atoms with E-state index in [0.29, 0.717) is 6.42 Å². The number of halogens is 2. The number of likely N-dealkylation sites (tertiary alicyclic amines) is 1. The molecule has 2 fully saturated rings. The highest BCUT2D eigenvalue weighted by molar-refractivity contribution is 6.61. The summed E-state index contributed by atoms with van der Waals surface area (Å²) in [5, 5.41) is 9.30. The molecule has 0 aromatic heterocycles. The Bertz CT molecular complexity index is 499. The van der Waals surface area contributed by atoms with Crippen molar-refractivity contribution in [2.45, 2.75) is 55.6 Å². The Morgan fingerprint density at radius 1 is 1.33 bits per heavy atom. The van der Waals surface area contributed by atoms with Crippen molar-refractivity contribution in [1.82, 2.24) is 4.90 Å². The molecule has 2 aliphatic rings. The summed E-state index contributed by atoms with van der Waals surface area (Å²) in [7, 11) is 0. The zero-order valence-electron chi connectivity index (χ0n) is 11.9. The van der Waals surface area contributed by atoms with Gasteiger partial charge in [0.05, 0.1) is 6.04 Å². The molecular weight excluding hydrogens is 321 g/mol. The van der Waals surface area contributed by atoms with Crippen LogP contribution in [-0.2, 0) is 14.3 Å². The van der Waals surface area contributed by atoms with Gasteiger partial charge in [0.1, 0.15) is 11.6 Å². The summed E-state index contributed by atoms with van der Waals surface area (Å²) in [4.78, 5) is 36.6. The maximum absolute atomic E-state index is 12.3. The van der Waals surface area contributed by atoms with E-state index in [-0.39, 0.29) is 12.2 Å². The molecule has 0 aromatic rings. The van der Waals surface area contributed by atoms with E-state index in [2.05, 4.69) is 0 Å². The van der Waals surface area contributed by atoms with Gasteiger partial charge in [-0.25, -0.2) is 9.59 Å². The van der Waals surface area contributed by atoms with Crippen LogP contribution in [0.15, 0.2) is 0 Å². The highest BCUT2D eigenvalue weighted by Crippen LogP contribution is 2.52. The van der Waals surface area contributed by atoms with E-state index >= 15 is 0 Å². The van der Waals surface area contributed by atoms with E-state index in [9.17, 15) is 19.5 Å². The van der Waals surface area contributed by atoms with Gasteiger partial charge >= 0.3 is 12.1 Å². The lowest BCUT2D eigenvalue weighted by Crippen LogP contribution is -2.73. The normalized spacial score (nSPS) is 31.2. The smallest absolute Gasteiger partial charge is 0.411 e. The van der Waals surface area contributed by atoms with Gasteiger partial charge in [-0.3, -0.25) is 9.69 Å². The van der Waals surface area contributed by atoms with E-state index in [1.807, 2.05) is 0 Å². The largest absolute Gasteiger partial charge is 0.480 e. The molecule has 1 aliphatic heterocycles. The van der Waals surface area contributed by atoms with Gasteiger partial charge in [0, 0.05) is 5.92 Å². The summed E-state index contributed by atoms with van der Waals surface area (Å²) in [6, 6.07) is -1.95. The Morgan fingerprint density at radius 2 is 1.90 bits per heavy atom. The number of ketones is 1. The predicted octanol–water partition coefficient (Wildman–Crippen LogP) is 2.21. The standard InChI is InChI=1S/C13H17Cl2NO5/c1-12(2,3)21-11(20)16-7(10(18)19)5-4-6-8(16)13(14,15)9(6)17/h6-8H,4-5H2,1-3H3,(H,18,19). The first-order valence-corrected chi connectivity index (χ1v) is 7.38. The number of rotatable bonds is 1. The minimum atomic E-state index is -1.77. The fraction of sp³-hybridized carbons (Fsp3) is 0.769. The quantitative estimate of drug-likeness (QED) is 0.741. The summed E-state index contributed by atoms with van der Waals surface area (Å²) >= 11 is 12.0. The van der Waals surface area contributed by atoms with Crippen LogP contribution in [0.4, 0.5) is 4.79 Å². The first kappa shape index (κ1) is 16.4. The molecule has 3 unspecified atom stereocenters. The van der Waals surface area contributed by atoms with Crippen molar-refractivity contribution in [3.8, 4) is 0 Å². The Balaban J connectivity index is 2.32. The number of ether oxygens (including phenoxy) is 1. The lowest BCUT2D eigenvalue weighted by atomic mass is 9.69. The number of fused-ring (bicyclic) bond motifs is 1. The molecule has 1 saturated heterocycles. The maximum Gasteiger partial charge on any atom is 0.411 e. The molecular formula is C13H17Cl2NO5. The summed E-state index contributed by atoms with van der Waals surface area (Å²) in [6.07, 6.45) is -0.297. The zero-order valence-corrected chi connectivity index (χ0v) is 13.4. The second-order valence-corrected chi connectivity index (χ2v) is 7.74. The molecule has 0 spiro atoms. The van der Waals surface area contributed by atoms with Crippen LogP contribution >= 0.6 is 23.2 Å². The molecule has 1 N–H and O–H groups in total. The molecule has 0 radical (unpaired) electrons. The van der Waals surface area contributed by atoms with Crippen LogP contribution in [-0.4, -0.2) is 49.9 Å². The number of hydrogen-bond donors (Lipinski definition) is 1. The molecule has 2 rings (SSSR count). The topological polar surface area (TPSA) is 83.9 Å². The number of Topliss-reactive ketones (excluding diaryl/α,β-unsaturated/α-hetero) is 1. The number of amides is 1. The number of carbonyl (C=O) groups excluding carboxylic acids is 2. The van der Waals surface area contributed by atoms with E-state index in [4.69, 9.17) is 27.9 Å². The van der Waals surface area contributed by atoms with Gasteiger partial charge in [0.2, 0.25) is 0 Å². The lowest BCUT2D eigenvalue weighted by Gasteiger charge is -2.55. The third-order valence-corrected chi connectivity index (χ3v) is 4.51. The minimum absolute atomic E-state index is 0.172. The van der Waals surface area contributed by atoms with Gasteiger partial charge in [-0.05, 0) is 33.6 Å². The van der Waals surface area contributed by atoms with Gasteiger partial charge < -0.3 is 9.84 Å². The van der Waals surface area contributed by atoms with Crippen molar-refractivity contribution in [3.05, 3.63) is 0 Å². The zero-order chi connectivity index (χ0) is 16.2. The number of carboxylic acid groups (broad SMARTS) is 1. The minimum Gasteiger partial charge on any atom is -0.480 e. The molecule has 0 aromatic carbocycles. The van der Waals surface area contributed by atoms with Crippen LogP contribution in [0.5, 0.6) is 0 Å². The first-order chi connectivity index (χ1) is 9.47.